The zero-order chi connectivity index (χ0) is 27.4. The summed E-state index contributed by atoms with van der Waals surface area (Å²) in [6.45, 7) is 1.23. The molecule has 1 unspecified atom stereocenters. The Morgan fingerprint density at radius 3 is 2.22 bits per heavy atom. The van der Waals surface area contributed by atoms with E-state index in [4.69, 9.17) is 9.47 Å². The molecule has 3 rings (SSSR count). The predicted octanol–water partition coefficient (Wildman–Crippen LogP) is 1.53. The highest BCUT2D eigenvalue weighted by Gasteiger charge is 2.38. The lowest BCUT2D eigenvalue weighted by molar-refractivity contribution is -0.141. The third kappa shape index (κ3) is 7.51. The molecule has 0 spiro atoms. The van der Waals surface area contributed by atoms with Crippen molar-refractivity contribution >= 4 is 16.0 Å². The summed E-state index contributed by atoms with van der Waals surface area (Å²) in [7, 11) is -3.76. The minimum atomic E-state index is -4.97. The Balaban J connectivity index is 1.45. The van der Waals surface area contributed by atoms with E-state index in [9.17, 15) is 39.6 Å². The van der Waals surface area contributed by atoms with E-state index in [0.29, 0.717) is 18.6 Å². The minimum absolute atomic E-state index is 0.0437. The van der Waals surface area contributed by atoms with Gasteiger partial charge in [0.25, 0.3) is 5.56 Å². The largest absolute Gasteiger partial charge is 0.486 e. The summed E-state index contributed by atoms with van der Waals surface area (Å²) in [6.07, 6.45) is -8.47. The maximum absolute atomic E-state index is 13.1. The maximum atomic E-state index is 13.1. The van der Waals surface area contributed by atoms with Gasteiger partial charge in [-0.2, -0.15) is 35.7 Å². The van der Waals surface area contributed by atoms with Crippen LogP contribution in [0.4, 0.5) is 32.3 Å². The van der Waals surface area contributed by atoms with Crippen LogP contribution in [-0.4, -0.2) is 84.1 Å². The molecule has 37 heavy (non-hydrogen) atoms. The number of H-pyrrole nitrogens is 1. The summed E-state index contributed by atoms with van der Waals surface area (Å²) < 4.78 is 114. The first-order valence-electron chi connectivity index (χ1n) is 10.7. The summed E-state index contributed by atoms with van der Waals surface area (Å²) in [4.78, 5) is 20.4. The molecule has 1 aliphatic rings. The third-order valence-corrected chi connectivity index (χ3v) is 6.99. The van der Waals surface area contributed by atoms with Gasteiger partial charge in [0, 0.05) is 38.6 Å². The van der Waals surface area contributed by atoms with Crippen LogP contribution < -0.4 is 15.2 Å². The Kier molecular flexibility index (Phi) is 8.63. The van der Waals surface area contributed by atoms with Crippen molar-refractivity contribution in [3.63, 3.8) is 0 Å². The van der Waals surface area contributed by atoms with Crippen LogP contribution in [0.5, 0.6) is 5.75 Å². The van der Waals surface area contributed by atoms with Gasteiger partial charge >= 0.3 is 12.4 Å². The highest BCUT2D eigenvalue weighted by molar-refractivity contribution is 7.89. The van der Waals surface area contributed by atoms with Gasteiger partial charge in [-0.1, -0.05) is 0 Å². The highest BCUT2D eigenvalue weighted by atomic mass is 32.2. The minimum Gasteiger partial charge on any atom is -0.486 e. The van der Waals surface area contributed by atoms with E-state index >= 15 is 0 Å². The van der Waals surface area contributed by atoms with Crippen LogP contribution in [0.15, 0.2) is 23.4 Å². The molecule has 1 N–H and O–H groups in total. The molecule has 206 valence electrons. The molecule has 1 fully saturated rings. The number of aromatic amines is 1. The van der Waals surface area contributed by atoms with Crippen LogP contribution in [-0.2, 0) is 27.1 Å². The molecule has 0 saturated carbocycles. The molecule has 0 aliphatic carbocycles. The Hall–Kier alpha value is -2.99. The lowest BCUT2D eigenvalue weighted by Crippen LogP contribution is -2.50. The highest BCUT2D eigenvalue weighted by Crippen LogP contribution is 2.33. The van der Waals surface area contributed by atoms with Crippen LogP contribution >= 0.6 is 0 Å². The number of ether oxygens (including phenoxy) is 2. The predicted molar refractivity (Wildman–Crippen MR) is 115 cm³/mol. The Labute approximate surface area is 206 Å². The second-order valence-electron chi connectivity index (χ2n) is 7.91. The first-order chi connectivity index (χ1) is 17.2. The molecule has 1 aliphatic heterocycles. The van der Waals surface area contributed by atoms with E-state index in [1.54, 1.807) is 10.00 Å². The van der Waals surface area contributed by atoms with E-state index in [-0.39, 0.29) is 45.3 Å². The monoisotopic (exact) mass is 560 g/mol. The maximum Gasteiger partial charge on any atom is 0.425 e. The summed E-state index contributed by atoms with van der Waals surface area (Å²) in [5.41, 5.74) is -4.00. The van der Waals surface area contributed by atoms with Crippen molar-refractivity contribution in [2.24, 2.45) is 0 Å². The molecule has 2 aromatic heterocycles. The number of anilines is 1. The van der Waals surface area contributed by atoms with Gasteiger partial charge in [0.1, 0.15) is 6.10 Å². The normalized spacial score (nSPS) is 16.6. The number of alkyl halides is 6. The van der Waals surface area contributed by atoms with Gasteiger partial charge in [0.2, 0.25) is 16.0 Å². The molecule has 0 radical (unpaired) electrons. The van der Waals surface area contributed by atoms with E-state index in [1.165, 1.54) is 11.2 Å². The second kappa shape index (κ2) is 11.2. The van der Waals surface area contributed by atoms with Crippen molar-refractivity contribution in [2.45, 2.75) is 25.4 Å². The lowest BCUT2D eigenvalue weighted by atomic mass is 10.2. The fraction of sp³-hybridized carbons (Fsp3) is 0.579. The molecular weight excluding hydrogens is 538 g/mol. The second-order valence-corrected chi connectivity index (χ2v) is 10.00. The summed E-state index contributed by atoms with van der Waals surface area (Å²) in [5, 5.41) is 4.97. The lowest BCUT2D eigenvalue weighted by Gasteiger charge is -2.34. The summed E-state index contributed by atoms with van der Waals surface area (Å²) >= 11 is 0. The first-order valence-corrected chi connectivity index (χ1v) is 12.3. The molecular formula is C19H22F6N6O5S. The smallest absolute Gasteiger partial charge is 0.425 e. The van der Waals surface area contributed by atoms with E-state index in [0.717, 1.165) is 0 Å². The average molecular weight is 560 g/mol. The number of hydrogen-bond acceptors (Lipinski definition) is 9. The van der Waals surface area contributed by atoms with Crippen molar-refractivity contribution in [3.8, 4) is 5.75 Å². The number of nitrogens with one attached hydrogen (secondary N) is 1. The zero-order valence-electron chi connectivity index (χ0n) is 19.2. The number of piperazine rings is 1. The number of aromatic nitrogens is 4. The molecule has 3 heterocycles. The molecule has 0 amide bonds. The topological polar surface area (TPSA) is 131 Å². The van der Waals surface area contributed by atoms with E-state index < -0.39 is 56.7 Å². The van der Waals surface area contributed by atoms with Gasteiger partial charge in [-0.25, -0.2) is 23.5 Å². The molecule has 11 nitrogen and oxygen atoms in total. The SMILES string of the molecule is CC(COCCS(=O)(=O)N1CCN(c2ncc(C(F)(F)F)cn2)CC1)Oc1cn[nH]c(=O)c1C(F)(F)F. The quantitative estimate of drug-likeness (QED) is 0.359. The van der Waals surface area contributed by atoms with Crippen LogP contribution in [0.1, 0.15) is 18.1 Å². The Morgan fingerprint density at radius 1 is 1.03 bits per heavy atom. The Bertz CT molecular complexity index is 1210. The summed E-state index contributed by atoms with van der Waals surface area (Å²) in [5.74, 6) is -1.15. The molecule has 2 aromatic rings. The number of nitrogens with zero attached hydrogens (tertiary/aromatic N) is 5. The van der Waals surface area contributed by atoms with Gasteiger partial charge in [0.15, 0.2) is 11.3 Å². The molecule has 0 bridgehead atoms. The molecule has 0 aromatic carbocycles. The number of halogens is 6. The van der Waals surface area contributed by atoms with Crippen LogP contribution in [0.25, 0.3) is 0 Å². The summed E-state index contributed by atoms with van der Waals surface area (Å²) in [6, 6.07) is 0. The van der Waals surface area contributed by atoms with E-state index in [2.05, 4.69) is 15.1 Å². The van der Waals surface area contributed by atoms with Crippen molar-refractivity contribution in [1.82, 2.24) is 24.5 Å². The van der Waals surface area contributed by atoms with Gasteiger partial charge < -0.3 is 14.4 Å². The number of hydrogen-bond donors (Lipinski definition) is 1. The standard InChI is InChI=1S/C19H22F6N6O5S/c1-12(36-14-10-28-29-16(32)15(14)19(23,24)25)11-35-6-7-37(33,34)31-4-2-30(3-5-31)17-26-8-13(9-27-17)18(20,21)22/h8-10,12H,2-7,11H2,1H3,(H,29,32). The van der Waals surface area contributed by atoms with Gasteiger partial charge in [-0.05, 0) is 6.92 Å². The van der Waals surface area contributed by atoms with Gasteiger partial charge in [-0.3, -0.25) is 4.79 Å². The van der Waals surface area contributed by atoms with Crippen molar-refractivity contribution in [1.29, 1.82) is 0 Å². The average Bonchev–Trinajstić information content (AvgIpc) is 2.81. The van der Waals surface area contributed by atoms with Crippen molar-refractivity contribution < 1.29 is 44.2 Å². The van der Waals surface area contributed by atoms with Crippen molar-refractivity contribution in [3.05, 3.63) is 40.1 Å². The first kappa shape index (κ1) is 28.6. The third-order valence-electron chi connectivity index (χ3n) is 5.15. The zero-order valence-corrected chi connectivity index (χ0v) is 20.0. The van der Waals surface area contributed by atoms with Crippen LogP contribution in [0.3, 0.4) is 0 Å². The van der Waals surface area contributed by atoms with Crippen LogP contribution in [0, 0.1) is 0 Å². The Morgan fingerprint density at radius 2 is 1.65 bits per heavy atom. The fourth-order valence-corrected chi connectivity index (χ4v) is 4.64. The van der Waals surface area contributed by atoms with Gasteiger partial charge in [0.05, 0.1) is 30.7 Å². The fourth-order valence-electron chi connectivity index (χ4n) is 3.33. The van der Waals surface area contributed by atoms with Crippen LogP contribution in [0.2, 0.25) is 0 Å². The number of rotatable bonds is 9. The molecule has 1 saturated heterocycles. The number of sulfonamides is 1. The van der Waals surface area contributed by atoms with Crippen molar-refractivity contribution in [2.75, 3.05) is 50.0 Å². The van der Waals surface area contributed by atoms with Gasteiger partial charge in [-0.15, -0.1) is 0 Å². The molecule has 18 heteroatoms. The van der Waals surface area contributed by atoms with E-state index in [1.807, 2.05) is 0 Å². The molecule has 1 atom stereocenters.